The third-order valence-electron chi connectivity index (χ3n) is 4.41. The van der Waals surface area contributed by atoms with Crippen LogP contribution in [-0.4, -0.2) is 30.5 Å². The quantitative estimate of drug-likeness (QED) is 0.829. The fourth-order valence-electron chi connectivity index (χ4n) is 3.11. The Bertz CT molecular complexity index is 723. The molecule has 2 N–H and O–H groups in total. The van der Waals surface area contributed by atoms with Crippen LogP contribution >= 0.6 is 0 Å². The van der Waals surface area contributed by atoms with Crippen molar-refractivity contribution in [2.24, 2.45) is 0 Å². The summed E-state index contributed by atoms with van der Waals surface area (Å²) < 4.78 is 5.42. The number of nitrogens with one attached hydrogen (secondary N) is 1. The second kappa shape index (κ2) is 6.89. The minimum Gasteiger partial charge on any atom is -0.449 e. The van der Waals surface area contributed by atoms with E-state index >= 15 is 0 Å². The van der Waals surface area contributed by atoms with Crippen molar-refractivity contribution in [3.8, 4) is 11.1 Å². The van der Waals surface area contributed by atoms with Crippen LogP contribution in [0.1, 0.15) is 24.0 Å². The van der Waals surface area contributed by atoms with Crippen molar-refractivity contribution in [2.45, 2.75) is 18.9 Å². The molecule has 3 rings (SSSR count). The number of amides is 1. The molecule has 124 valence electrons. The molecule has 0 saturated carbocycles. The highest BCUT2D eigenvalue weighted by atomic mass is 16.5. The number of hydrogen-bond donors (Lipinski definition) is 2. The fraction of sp³-hybridized carbons (Fsp3) is 0.250. The topological polar surface area (TPSA) is 58.6 Å². The van der Waals surface area contributed by atoms with Gasteiger partial charge >= 0.3 is 6.09 Å². The first-order valence-corrected chi connectivity index (χ1v) is 7.99. The summed E-state index contributed by atoms with van der Waals surface area (Å²) in [5.41, 5.74) is 5.41. The van der Waals surface area contributed by atoms with E-state index in [1.807, 2.05) is 24.3 Å². The van der Waals surface area contributed by atoms with Crippen LogP contribution in [0.2, 0.25) is 0 Å². The van der Waals surface area contributed by atoms with Crippen molar-refractivity contribution >= 4 is 6.09 Å². The van der Waals surface area contributed by atoms with E-state index in [1.54, 1.807) is 6.92 Å². The molecule has 0 heterocycles. The van der Waals surface area contributed by atoms with Gasteiger partial charge in [0.2, 0.25) is 0 Å². The van der Waals surface area contributed by atoms with E-state index in [9.17, 15) is 9.90 Å². The first-order chi connectivity index (χ1) is 11.6. The number of fused-ring (bicyclic) bond motifs is 3. The molecule has 1 unspecified atom stereocenters. The zero-order valence-electron chi connectivity index (χ0n) is 13.7. The van der Waals surface area contributed by atoms with Gasteiger partial charge in [-0.2, -0.15) is 0 Å². The van der Waals surface area contributed by atoms with E-state index in [-0.39, 0.29) is 19.1 Å². The second-order valence-electron chi connectivity index (χ2n) is 6.05. The second-order valence-corrected chi connectivity index (χ2v) is 6.05. The number of alkyl carbamates (subject to hydrolysis) is 1. The fourth-order valence-corrected chi connectivity index (χ4v) is 3.11. The number of ether oxygens (including phenoxy) is 1. The molecule has 0 fully saturated rings. The molecule has 1 aliphatic rings. The Morgan fingerprint density at radius 3 is 2.21 bits per heavy atom. The maximum Gasteiger partial charge on any atom is 0.407 e. The van der Waals surface area contributed by atoms with Crippen LogP contribution in [0, 0.1) is 0 Å². The monoisotopic (exact) mass is 323 g/mol. The molecule has 1 atom stereocenters. The first-order valence-electron chi connectivity index (χ1n) is 7.99. The van der Waals surface area contributed by atoms with Gasteiger partial charge in [0.25, 0.3) is 0 Å². The Hall–Kier alpha value is -2.59. The zero-order chi connectivity index (χ0) is 17.1. The Kier molecular flexibility index (Phi) is 4.67. The molecule has 0 aliphatic heterocycles. The summed E-state index contributed by atoms with van der Waals surface area (Å²) in [7, 11) is 0. The largest absolute Gasteiger partial charge is 0.449 e. The molecular weight excluding hydrogens is 302 g/mol. The summed E-state index contributed by atoms with van der Waals surface area (Å²) >= 11 is 0. The van der Waals surface area contributed by atoms with Crippen molar-refractivity contribution in [1.82, 2.24) is 5.32 Å². The molecule has 0 aromatic heterocycles. The minimum atomic E-state index is -0.543. The maximum absolute atomic E-state index is 12.0. The molecule has 4 heteroatoms. The van der Waals surface area contributed by atoms with Gasteiger partial charge in [0, 0.05) is 5.92 Å². The van der Waals surface area contributed by atoms with Crippen molar-refractivity contribution in [2.75, 3.05) is 13.2 Å². The Balaban J connectivity index is 1.74. The van der Waals surface area contributed by atoms with Gasteiger partial charge in [-0.05, 0) is 29.2 Å². The lowest BCUT2D eigenvalue weighted by Crippen LogP contribution is -2.38. The Morgan fingerprint density at radius 1 is 1.17 bits per heavy atom. The standard InChI is InChI=1S/C20H21NO3/c1-13(2)19(11-22)21-20(23)24-12-18-16-9-5-3-7-14(16)15-8-4-6-10-17(15)18/h3-10,18-19,22H,1,11-12H2,2H3,(H,21,23). The predicted octanol–water partition coefficient (Wildman–Crippen LogP) is 3.46. The van der Waals surface area contributed by atoms with Crippen molar-refractivity contribution in [3.63, 3.8) is 0 Å². The van der Waals surface area contributed by atoms with E-state index < -0.39 is 12.1 Å². The summed E-state index contributed by atoms with van der Waals surface area (Å²) in [5, 5.41) is 11.9. The number of rotatable bonds is 5. The average molecular weight is 323 g/mol. The molecule has 2 aromatic rings. The van der Waals surface area contributed by atoms with Gasteiger partial charge in [-0.1, -0.05) is 60.7 Å². The number of carbonyl (C=O) groups is 1. The highest BCUT2D eigenvalue weighted by molar-refractivity contribution is 5.79. The molecule has 2 aromatic carbocycles. The molecule has 0 bridgehead atoms. The highest BCUT2D eigenvalue weighted by Crippen LogP contribution is 2.44. The van der Waals surface area contributed by atoms with Crippen LogP contribution in [0.15, 0.2) is 60.7 Å². The summed E-state index contributed by atoms with van der Waals surface area (Å²) in [6.07, 6.45) is -0.543. The number of carbonyl (C=O) groups excluding carboxylic acids is 1. The van der Waals surface area contributed by atoms with Gasteiger partial charge in [-0.15, -0.1) is 0 Å². The van der Waals surface area contributed by atoms with E-state index in [4.69, 9.17) is 4.74 Å². The lowest BCUT2D eigenvalue weighted by atomic mass is 9.98. The Morgan fingerprint density at radius 2 is 1.71 bits per heavy atom. The minimum absolute atomic E-state index is 0.0283. The lowest BCUT2D eigenvalue weighted by molar-refractivity contribution is 0.135. The number of benzene rings is 2. The summed E-state index contributed by atoms with van der Waals surface area (Å²) in [4.78, 5) is 12.0. The average Bonchev–Trinajstić information content (AvgIpc) is 2.91. The summed E-state index contributed by atoms with van der Waals surface area (Å²) in [5.74, 6) is 0.0283. The molecule has 0 radical (unpaired) electrons. The number of hydrogen-bond acceptors (Lipinski definition) is 3. The summed E-state index contributed by atoms with van der Waals surface area (Å²) in [6.45, 7) is 5.56. The van der Waals surface area contributed by atoms with Gasteiger partial charge in [0.1, 0.15) is 6.61 Å². The molecule has 24 heavy (non-hydrogen) atoms. The summed E-state index contributed by atoms with van der Waals surface area (Å²) in [6, 6.07) is 15.9. The van der Waals surface area contributed by atoms with Gasteiger partial charge < -0.3 is 15.2 Å². The van der Waals surface area contributed by atoms with Crippen LogP contribution in [0.5, 0.6) is 0 Å². The van der Waals surface area contributed by atoms with Gasteiger partial charge in [0.15, 0.2) is 0 Å². The smallest absolute Gasteiger partial charge is 0.407 e. The van der Waals surface area contributed by atoms with E-state index in [1.165, 1.54) is 22.3 Å². The van der Waals surface area contributed by atoms with Crippen molar-refractivity contribution < 1.29 is 14.6 Å². The number of aliphatic hydroxyl groups excluding tert-OH is 1. The third-order valence-corrected chi connectivity index (χ3v) is 4.41. The van der Waals surface area contributed by atoms with E-state index in [0.717, 1.165) is 0 Å². The zero-order valence-corrected chi connectivity index (χ0v) is 13.7. The maximum atomic E-state index is 12.0. The van der Waals surface area contributed by atoms with E-state index in [2.05, 4.69) is 36.2 Å². The van der Waals surface area contributed by atoms with Gasteiger partial charge in [-0.3, -0.25) is 0 Å². The molecule has 4 nitrogen and oxygen atoms in total. The van der Waals surface area contributed by atoms with Crippen LogP contribution < -0.4 is 5.32 Å². The molecule has 1 amide bonds. The van der Waals surface area contributed by atoms with Gasteiger partial charge in [-0.25, -0.2) is 4.79 Å². The van der Waals surface area contributed by atoms with E-state index in [0.29, 0.717) is 5.57 Å². The predicted molar refractivity (Wildman–Crippen MR) is 93.9 cm³/mol. The molecule has 0 saturated heterocycles. The lowest BCUT2D eigenvalue weighted by Gasteiger charge is -2.18. The van der Waals surface area contributed by atoms with Crippen LogP contribution in [0.3, 0.4) is 0 Å². The van der Waals surface area contributed by atoms with Crippen LogP contribution in [0.25, 0.3) is 11.1 Å². The first kappa shape index (κ1) is 16.3. The Labute approximate surface area is 141 Å². The van der Waals surface area contributed by atoms with Crippen LogP contribution in [0.4, 0.5) is 4.79 Å². The van der Waals surface area contributed by atoms with Crippen LogP contribution in [-0.2, 0) is 4.74 Å². The SMILES string of the molecule is C=C(C)C(CO)NC(=O)OCC1c2ccccc2-c2ccccc21. The molecule has 0 spiro atoms. The molecule has 1 aliphatic carbocycles. The molecular formula is C20H21NO3. The normalized spacial score (nSPS) is 13.8. The van der Waals surface area contributed by atoms with Crippen molar-refractivity contribution in [1.29, 1.82) is 0 Å². The van der Waals surface area contributed by atoms with Gasteiger partial charge in [0.05, 0.1) is 12.6 Å². The number of aliphatic hydroxyl groups is 1. The third kappa shape index (κ3) is 3.05. The highest BCUT2D eigenvalue weighted by Gasteiger charge is 2.29. The van der Waals surface area contributed by atoms with Crippen molar-refractivity contribution in [3.05, 3.63) is 71.8 Å².